The number of thiazole rings is 1. The zero-order valence-electron chi connectivity index (χ0n) is 24.3. The maximum atomic E-state index is 14.5. The van der Waals surface area contributed by atoms with E-state index in [0.717, 1.165) is 21.4 Å². The van der Waals surface area contributed by atoms with Crippen LogP contribution in [0.25, 0.3) is 5.57 Å². The van der Waals surface area contributed by atoms with Gasteiger partial charge < -0.3 is 14.4 Å². The summed E-state index contributed by atoms with van der Waals surface area (Å²) in [4.78, 5) is 49.0. The molecular weight excluding hydrogens is 666 g/mol. The fourth-order valence-corrected chi connectivity index (χ4v) is 7.25. The number of fused-ring (bicyclic) bond motifs is 2. The van der Waals surface area contributed by atoms with Gasteiger partial charge in [-0.1, -0.05) is 69.2 Å². The van der Waals surface area contributed by atoms with Crippen molar-refractivity contribution in [3.8, 4) is 5.75 Å². The first kappa shape index (κ1) is 30.1. The van der Waals surface area contributed by atoms with Crippen LogP contribution in [0.1, 0.15) is 43.5 Å². The molecular formula is C33H27BrClN3O5S. The van der Waals surface area contributed by atoms with E-state index >= 15 is 0 Å². The fraction of sp³-hybridized carbons (Fsp3) is 0.212. The number of nitrogens with zero attached hydrogens (tertiary/aromatic N) is 3. The lowest BCUT2D eigenvalue weighted by Crippen LogP contribution is -2.41. The van der Waals surface area contributed by atoms with Crippen molar-refractivity contribution >= 4 is 62.0 Å². The highest BCUT2D eigenvalue weighted by atomic mass is 79.9. The molecule has 2 aliphatic heterocycles. The molecule has 0 saturated carbocycles. The highest BCUT2D eigenvalue weighted by Crippen LogP contribution is 2.40. The second kappa shape index (κ2) is 11.8. The van der Waals surface area contributed by atoms with Crippen molar-refractivity contribution < 1.29 is 19.1 Å². The fourth-order valence-electron chi connectivity index (χ4n) is 5.57. The third-order valence-corrected chi connectivity index (χ3v) is 9.22. The van der Waals surface area contributed by atoms with Crippen LogP contribution in [-0.2, 0) is 20.9 Å². The average molecular weight is 693 g/mol. The van der Waals surface area contributed by atoms with E-state index in [1.54, 1.807) is 43.9 Å². The number of halogens is 2. The molecule has 6 rings (SSSR count). The Kier molecular flexibility index (Phi) is 8.08. The van der Waals surface area contributed by atoms with E-state index in [9.17, 15) is 14.4 Å². The number of esters is 1. The molecule has 0 aliphatic carbocycles. The Morgan fingerprint density at radius 2 is 1.84 bits per heavy atom. The molecule has 4 aromatic rings. The molecule has 0 fully saturated rings. The highest BCUT2D eigenvalue weighted by molar-refractivity contribution is 9.10. The van der Waals surface area contributed by atoms with Gasteiger partial charge in [-0.15, -0.1) is 0 Å². The zero-order valence-corrected chi connectivity index (χ0v) is 27.4. The highest BCUT2D eigenvalue weighted by Gasteiger charge is 2.38. The van der Waals surface area contributed by atoms with Gasteiger partial charge in [0.05, 0.1) is 42.3 Å². The van der Waals surface area contributed by atoms with Gasteiger partial charge in [-0.25, -0.2) is 9.79 Å². The smallest absolute Gasteiger partial charge is 0.338 e. The van der Waals surface area contributed by atoms with Crippen LogP contribution in [0.4, 0.5) is 5.69 Å². The number of hydrogen-bond donors (Lipinski definition) is 0. The van der Waals surface area contributed by atoms with Gasteiger partial charge in [0.1, 0.15) is 16.3 Å². The van der Waals surface area contributed by atoms with Crippen LogP contribution in [-0.4, -0.2) is 29.7 Å². The molecule has 44 heavy (non-hydrogen) atoms. The topological polar surface area (TPSA) is 90.2 Å². The summed E-state index contributed by atoms with van der Waals surface area (Å²) in [7, 11) is 1.51. The summed E-state index contributed by atoms with van der Waals surface area (Å²) < 4.78 is 13.7. The summed E-state index contributed by atoms with van der Waals surface area (Å²) in [5, 5.41) is 0.401. The first-order valence-corrected chi connectivity index (χ1v) is 15.8. The number of carbonyl (C=O) groups excluding carboxylic acids is 2. The molecule has 1 amide bonds. The van der Waals surface area contributed by atoms with Gasteiger partial charge in [0.15, 0.2) is 4.80 Å². The number of benzene rings is 3. The van der Waals surface area contributed by atoms with Crippen molar-refractivity contribution in [1.82, 2.24) is 4.57 Å². The molecule has 0 bridgehead atoms. The summed E-state index contributed by atoms with van der Waals surface area (Å²) in [6, 6.07) is 19.3. The number of anilines is 1. The van der Waals surface area contributed by atoms with Gasteiger partial charge in [0.25, 0.3) is 11.5 Å². The molecule has 0 N–H and O–H groups in total. The van der Waals surface area contributed by atoms with E-state index in [4.69, 9.17) is 21.1 Å². The lowest BCUT2D eigenvalue weighted by atomic mass is 9.95. The second-order valence-corrected chi connectivity index (χ2v) is 13.0. The Balaban J connectivity index is 1.62. The lowest BCUT2D eigenvalue weighted by Gasteiger charge is -2.26. The van der Waals surface area contributed by atoms with E-state index in [2.05, 4.69) is 20.9 Å². The Morgan fingerprint density at radius 1 is 1.09 bits per heavy atom. The minimum Gasteiger partial charge on any atom is -0.496 e. The summed E-state index contributed by atoms with van der Waals surface area (Å²) in [6.45, 7) is 5.54. The Labute approximate surface area is 270 Å². The zero-order chi connectivity index (χ0) is 31.3. The van der Waals surface area contributed by atoms with E-state index in [-0.39, 0.29) is 21.6 Å². The van der Waals surface area contributed by atoms with Crippen LogP contribution in [0.3, 0.4) is 0 Å². The van der Waals surface area contributed by atoms with E-state index in [1.165, 1.54) is 11.7 Å². The molecule has 1 aromatic heterocycles. The van der Waals surface area contributed by atoms with Crippen LogP contribution in [0.15, 0.2) is 92.3 Å². The Morgan fingerprint density at radius 3 is 2.55 bits per heavy atom. The number of allylic oxidation sites excluding steroid dienone is 1. The van der Waals surface area contributed by atoms with Crippen molar-refractivity contribution in [2.24, 2.45) is 4.99 Å². The largest absolute Gasteiger partial charge is 0.496 e. The van der Waals surface area contributed by atoms with Crippen molar-refractivity contribution in [3.05, 3.63) is 124 Å². The molecule has 0 saturated heterocycles. The quantitative estimate of drug-likeness (QED) is 0.248. The standard InChI is InChI=1S/C33H27BrClN3O5S/c1-17(2)43-32(41)26-18(3)36-33-38(28(26)23-15-21(35)11-13-25(23)42-4)31(40)29(44-33)27-22-14-20(34)10-12-24(22)37(30(27)39)16-19-8-6-5-7-9-19/h5-15,17,28H,16H2,1-4H3/b29-27+/t28-/m0/s1. The monoisotopic (exact) mass is 691 g/mol. The number of ether oxygens (including phenoxy) is 2. The first-order valence-electron chi connectivity index (χ1n) is 13.8. The SMILES string of the molecule is COc1ccc(Cl)cc1[C@H]1C(C(=O)OC(C)C)=C(C)N=c2s/c(=C3/C(=O)N(Cc4ccccc4)c4ccc(Br)cc43)c(=O)n21. The number of hydrogen-bond acceptors (Lipinski definition) is 7. The maximum absolute atomic E-state index is 14.5. The van der Waals surface area contributed by atoms with Crippen molar-refractivity contribution in [2.75, 3.05) is 12.0 Å². The summed E-state index contributed by atoms with van der Waals surface area (Å²) in [6.07, 6.45) is -0.405. The van der Waals surface area contributed by atoms with Gasteiger partial charge in [0, 0.05) is 20.6 Å². The second-order valence-electron chi connectivity index (χ2n) is 10.7. The molecule has 0 spiro atoms. The van der Waals surface area contributed by atoms with Gasteiger partial charge in [-0.05, 0) is 62.7 Å². The Hall–Kier alpha value is -3.99. The third kappa shape index (κ3) is 5.21. The van der Waals surface area contributed by atoms with Crippen molar-refractivity contribution in [1.29, 1.82) is 0 Å². The van der Waals surface area contributed by atoms with Crippen molar-refractivity contribution in [3.63, 3.8) is 0 Å². The van der Waals surface area contributed by atoms with E-state index < -0.39 is 23.7 Å². The molecule has 8 nitrogen and oxygen atoms in total. The number of carbonyl (C=O) groups is 2. The van der Waals surface area contributed by atoms with Gasteiger partial charge in [0.2, 0.25) is 0 Å². The number of methoxy groups -OCH3 is 1. The van der Waals surface area contributed by atoms with Gasteiger partial charge in [-0.2, -0.15) is 0 Å². The van der Waals surface area contributed by atoms with Crippen LogP contribution < -0.4 is 24.5 Å². The molecule has 1 atom stereocenters. The van der Waals surface area contributed by atoms with E-state index in [0.29, 0.717) is 44.6 Å². The van der Waals surface area contributed by atoms with Crippen LogP contribution in [0.5, 0.6) is 5.75 Å². The number of rotatable bonds is 6. The summed E-state index contributed by atoms with van der Waals surface area (Å²) >= 11 is 11.1. The molecule has 224 valence electrons. The first-order chi connectivity index (χ1) is 21.1. The number of amides is 1. The number of aromatic nitrogens is 1. The van der Waals surface area contributed by atoms with Crippen LogP contribution in [0.2, 0.25) is 5.02 Å². The predicted molar refractivity (Wildman–Crippen MR) is 174 cm³/mol. The van der Waals surface area contributed by atoms with E-state index in [1.807, 2.05) is 48.5 Å². The molecule has 0 radical (unpaired) electrons. The molecule has 0 unspecified atom stereocenters. The normalized spacial score (nSPS) is 17.0. The molecule has 3 heterocycles. The van der Waals surface area contributed by atoms with Crippen LogP contribution >= 0.6 is 38.9 Å². The summed E-state index contributed by atoms with van der Waals surface area (Å²) in [5.41, 5.74) is 3.19. The molecule has 11 heteroatoms. The van der Waals surface area contributed by atoms with Crippen LogP contribution in [0, 0.1) is 0 Å². The average Bonchev–Trinajstić information content (AvgIpc) is 3.43. The third-order valence-electron chi connectivity index (χ3n) is 7.43. The maximum Gasteiger partial charge on any atom is 0.338 e. The van der Waals surface area contributed by atoms with Gasteiger partial charge >= 0.3 is 5.97 Å². The Bertz CT molecular complexity index is 2050. The lowest BCUT2D eigenvalue weighted by molar-refractivity contribution is -0.143. The molecule has 2 aliphatic rings. The summed E-state index contributed by atoms with van der Waals surface area (Å²) in [5.74, 6) is -0.465. The predicted octanol–water partition coefficient (Wildman–Crippen LogP) is 5.53. The van der Waals surface area contributed by atoms with Crippen molar-refractivity contribution in [2.45, 2.75) is 39.5 Å². The minimum absolute atomic E-state index is 0.190. The molecule has 3 aromatic carbocycles. The van der Waals surface area contributed by atoms with Gasteiger partial charge in [-0.3, -0.25) is 14.2 Å². The minimum atomic E-state index is -0.959.